The van der Waals surface area contributed by atoms with Crippen LogP contribution in [0.5, 0.6) is 5.75 Å². The molecule has 0 radical (unpaired) electrons. The summed E-state index contributed by atoms with van der Waals surface area (Å²) in [6, 6.07) is 2.55. The van der Waals surface area contributed by atoms with Crippen molar-refractivity contribution >= 4 is 29.2 Å². The van der Waals surface area contributed by atoms with E-state index < -0.39 is 18.3 Å². The topological polar surface area (TPSA) is 35.5 Å². The van der Waals surface area contributed by atoms with E-state index in [-0.39, 0.29) is 22.2 Å². The molecule has 0 aliphatic rings. The third-order valence-electron chi connectivity index (χ3n) is 1.75. The standard InChI is InChI=1S/C10H8Cl2F2O3/c1-2-16-9(15)7-5(11)3-4-6(12)8(7)17-10(13)14/h3-4,10H,2H2,1H3. The van der Waals surface area contributed by atoms with E-state index >= 15 is 0 Å². The van der Waals surface area contributed by atoms with Gasteiger partial charge in [-0.25, -0.2) is 4.79 Å². The second-order valence-corrected chi connectivity index (χ2v) is 3.65. The highest BCUT2D eigenvalue weighted by Crippen LogP contribution is 2.35. The molecule has 7 heteroatoms. The van der Waals surface area contributed by atoms with Crippen LogP contribution >= 0.6 is 23.2 Å². The lowest BCUT2D eigenvalue weighted by Crippen LogP contribution is -2.11. The van der Waals surface area contributed by atoms with Crippen molar-refractivity contribution in [3.8, 4) is 5.75 Å². The minimum absolute atomic E-state index is 0.0662. The van der Waals surface area contributed by atoms with Gasteiger partial charge in [0.25, 0.3) is 0 Å². The highest BCUT2D eigenvalue weighted by atomic mass is 35.5. The van der Waals surface area contributed by atoms with Crippen LogP contribution < -0.4 is 4.74 Å². The van der Waals surface area contributed by atoms with Crippen molar-refractivity contribution in [3.63, 3.8) is 0 Å². The Bertz CT molecular complexity index is 424. The van der Waals surface area contributed by atoms with Crippen LogP contribution in [0.15, 0.2) is 12.1 Å². The smallest absolute Gasteiger partial charge is 0.387 e. The summed E-state index contributed by atoms with van der Waals surface area (Å²) in [6.45, 7) is -1.46. The lowest BCUT2D eigenvalue weighted by Gasteiger charge is -2.12. The Morgan fingerprint density at radius 2 is 1.94 bits per heavy atom. The van der Waals surface area contributed by atoms with Gasteiger partial charge in [0.2, 0.25) is 0 Å². The molecular formula is C10H8Cl2F2O3. The number of rotatable bonds is 4. The number of carbonyl (C=O) groups excluding carboxylic acids is 1. The van der Waals surface area contributed by atoms with Crippen LogP contribution in [0.2, 0.25) is 10.0 Å². The molecule has 0 fully saturated rings. The number of esters is 1. The Labute approximate surface area is 106 Å². The molecule has 0 N–H and O–H groups in total. The van der Waals surface area contributed by atoms with Crippen molar-refractivity contribution in [1.29, 1.82) is 0 Å². The van der Waals surface area contributed by atoms with E-state index in [9.17, 15) is 13.6 Å². The molecule has 0 saturated heterocycles. The van der Waals surface area contributed by atoms with E-state index in [2.05, 4.69) is 9.47 Å². The number of hydrogen-bond donors (Lipinski definition) is 0. The Morgan fingerprint density at radius 3 is 2.47 bits per heavy atom. The quantitative estimate of drug-likeness (QED) is 0.790. The zero-order valence-electron chi connectivity index (χ0n) is 8.68. The predicted octanol–water partition coefficient (Wildman–Crippen LogP) is 3.77. The Balaban J connectivity index is 3.24. The second-order valence-electron chi connectivity index (χ2n) is 2.83. The van der Waals surface area contributed by atoms with Gasteiger partial charge in [-0.05, 0) is 19.1 Å². The Kier molecular flexibility index (Phi) is 4.96. The van der Waals surface area contributed by atoms with Crippen molar-refractivity contribution in [2.45, 2.75) is 13.5 Å². The maximum absolute atomic E-state index is 12.2. The van der Waals surface area contributed by atoms with Gasteiger partial charge in [0.15, 0.2) is 5.75 Å². The molecular weight excluding hydrogens is 277 g/mol. The first kappa shape index (κ1) is 14.0. The Morgan fingerprint density at radius 1 is 1.35 bits per heavy atom. The fourth-order valence-corrected chi connectivity index (χ4v) is 1.56. The molecule has 17 heavy (non-hydrogen) atoms. The first-order valence-electron chi connectivity index (χ1n) is 4.57. The predicted molar refractivity (Wildman–Crippen MR) is 59.1 cm³/mol. The van der Waals surface area contributed by atoms with Crippen LogP contribution in [0.3, 0.4) is 0 Å². The van der Waals surface area contributed by atoms with Crippen LogP contribution in [0.4, 0.5) is 8.78 Å². The fourth-order valence-electron chi connectivity index (χ4n) is 1.13. The van der Waals surface area contributed by atoms with E-state index in [4.69, 9.17) is 23.2 Å². The van der Waals surface area contributed by atoms with E-state index in [0.717, 1.165) is 0 Å². The van der Waals surface area contributed by atoms with E-state index in [0.29, 0.717) is 0 Å². The zero-order valence-corrected chi connectivity index (χ0v) is 10.2. The van der Waals surface area contributed by atoms with Crippen LogP contribution in [-0.2, 0) is 4.74 Å². The average Bonchev–Trinajstić information content (AvgIpc) is 2.23. The van der Waals surface area contributed by atoms with Gasteiger partial charge in [0, 0.05) is 0 Å². The van der Waals surface area contributed by atoms with Crippen LogP contribution in [0.1, 0.15) is 17.3 Å². The molecule has 3 nitrogen and oxygen atoms in total. The first-order valence-corrected chi connectivity index (χ1v) is 5.32. The molecule has 1 aromatic rings. The molecule has 1 aromatic carbocycles. The summed E-state index contributed by atoms with van der Waals surface area (Å²) in [7, 11) is 0. The van der Waals surface area contributed by atoms with Gasteiger partial charge in [-0.2, -0.15) is 8.78 Å². The van der Waals surface area contributed by atoms with Crippen LogP contribution in [0, 0.1) is 0 Å². The van der Waals surface area contributed by atoms with Crippen LogP contribution in [-0.4, -0.2) is 19.2 Å². The molecule has 0 heterocycles. The minimum atomic E-state index is -3.11. The van der Waals surface area contributed by atoms with Gasteiger partial charge in [-0.3, -0.25) is 0 Å². The molecule has 0 bridgehead atoms. The molecule has 1 rings (SSSR count). The van der Waals surface area contributed by atoms with Crippen molar-refractivity contribution in [3.05, 3.63) is 27.7 Å². The zero-order chi connectivity index (χ0) is 13.0. The lowest BCUT2D eigenvalue weighted by molar-refractivity contribution is -0.0503. The van der Waals surface area contributed by atoms with E-state index in [1.54, 1.807) is 6.92 Å². The fraction of sp³-hybridized carbons (Fsp3) is 0.300. The molecule has 0 aliphatic heterocycles. The molecule has 0 unspecified atom stereocenters. The Hall–Kier alpha value is -1.07. The van der Waals surface area contributed by atoms with Gasteiger partial charge in [0.05, 0.1) is 16.7 Å². The van der Waals surface area contributed by atoms with Gasteiger partial charge in [-0.1, -0.05) is 23.2 Å². The van der Waals surface area contributed by atoms with Crippen molar-refractivity contribution in [1.82, 2.24) is 0 Å². The summed E-state index contributed by atoms with van der Waals surface area (Å²) in [6.07, 6.45) is 0. The monoisotopic (exact) mass is 284 g/mol. The molecule has 0 saturated carbocycles. The van der Waals surface area contributed by atoms with Crippen molar-refractivity contribution in [2.75, 3.05) is 6.61 Å². The van der Waals surface area contributed by atoms with Gasteiger partial charge >= 0.3 is 12.6 Å². The summed E-state index contributed by atoms with van der Waals surface area (Å²) in [4.78, 5) is 11.5. The highest BCUT2D eigenvalue weighted by Gasteiger charge is 2.23. The SMILES string of the molecule is CCOC(=O)c1c(Cl)ccc(Cl)c1OC(F)F. The van der Waals surface area contributed by atoms with Gasteiger partial charge in [0.1, 0.15) is 5.56 Å². The number of ether oxygens (including phenoxy) is 2. The summed E-state index contributed by atoms with van der Waals surface area (Å²) in [5, 5.41) is -0.207. The molecule has 0 aliphatic carbocycles. The van der Waals surface area contributed by atoms with E-state index in [1.165, 1.54) is 12.1 Å². The summed E-state index contributed by atoms with van der Waals surface area (Å²) in [5.74, 6) is -1.34. The summed E-state index contributed by atoms with van der Waals surface area (Å²) >= 11 is 11.4. The number of benzene rings is 1. The molecule has 0 spiro atoms. The highest BCUT2D eigenvalue weighted by molar-refractivity contribution is 6.37. The van der Waals surface area contributed by atoms with Crippen molar-refractivity contribution in [2.24, 2.45) is 0 Å². The minimum Gasteiger partial charge on any atom is -0.462 e. The molecule has 0 aromatic heterocycles. The lowest BCUT2D eigenvalue weighted by atomic mass is 10.2. The number of alkyl halides is 2. The number of halogens is 4. The molecule has 0 atom stereocenters. The number of carbonyl (C=O) groups is 1. The maximum Gasteiger partial charge on any atom is 0.387 e. The summed E-state index contributed by atoms with van der Waals surface area (Å²) < 4.78 is 33.2. The number of hydrogen-bond acceptors (Lipinski definition) is 3. The maximum atomic E-state index is 12.2. The molecule has 94 valence electrons. The largest absolute Gasteiger partial charge is 0.462 e. The van der Waals surface area contributed by atoms with Gasteiger partial charge in [-0.15, -0.1) is 0 Å². The van der Waals surface area contributed by atoms with Gasteiger partial charge < -0.3 is 9.47 Å². The third-order valence-corrected chi connectivity index (χ3v) is 2.36. The van der Waals surface area contributed by atoms with Crippen molar-refractivity contribution < 1.29 is 23.0 Å². The van der Waals surface area contributed by atoms with E-state index in [1.807, 2.05) is 0 Å². The first-order chi connectivity index (χ1) is 7.97. The normalized spacial score (nSPS) is 10.5. The third kappa shape index (κ3) is 3.44. The second kappa shape index (κ2) is 6.02. The summed E-state index contributed by atoms with van der Waals surface area (Å²) in [5.41, 5.74) is -0.304. The van der Waals surface area contributed by atoms with Crippen LogP contribution in [0.25, 0.3) is 0 Å². The average molecular weight is 285 g/mol. The molecule has 0 amide bonds.